The molecule has 3 rings (SSSR count). The van der Waals surface area contributed by atoms with E-state index in [1.165, 1.54) is 13.2 Å². The summed E-state index contributed by atoms with van der Waals surface area (Å²) in [5.74, 6) is 1.08. The molecule has 0 unspecified atom stereocenters. The van der Waals surface area contributed by atoms with Gasteiger partial charge in [0.25, 0.3) is 0 Å². The van der Waals surface area contributed by atoms with Gasteiger partial charge in [0.05, 0.1) is 12.7 Å². The van der Waals surface area contributed by atoms with Gasteiger partial charge in [-0.3, -0.25) is 4.79 Å². The number of ketones is 1. The number of benzene rings is 2. The van der Waals surface area contributed by atoms with Crippen molar-refractivity contribution in [3.63, 3.8) is 0 Å². The van der Waals surface area contributed by atoms with Crippen LogP contribution in [-0.2, 0) is 0 Å². The van der Waals surface area contributed by atoms with E-state index in [1.807, 2.05) is 6.07 Å². The minimum atomic E-state index is -0.146. The molecule has 0 fully saturated rings. The topological polar surface area (TPSA) is 55.8 Å². The Morgan fingerprint density at radius 3 is 2.67 bits per heavy atom. The Labute approximate surface area is 123 Å². The number of rotatable bonds is 2. The number of phenolic OH excluding ortho intramolecular Hbond substituents is 1. The van der Waals surface area contributed by atoms with Gasteiger partial charge in [0.1, 0.15) is 5.75 Å². The van der Waals surface area contributed by atoms with Gasteiger partial charge in [-0.2, -0.15) is 0 Å². The number of methoxy groups -OCH3 is 1. The molecule has 108 valence electrons. The number of fused-ring (bicyclic) bond motifs is 1. The number of carbonyl (C=O) groups is 1. The summed E-state index contributed by atoms with van der Waals surface area (Å²) in [6.45, 7) is 0. The molecule has 0 saturated heterocycles. The van der Waals surface area contributed by atoms with E-state index in [0.717, 1.165) is 5.56 Å². The summed E-state index contributed by atoms with van der Waals surface area (Å²) in [4.78, 5) is 12.1. The lowest BCUT2D eigenvalue weighted by atomic mass is 10.1. The fraction of sp³-hybridized carbons (Fsp3) is 0.118. The molecule has 0 amide bonds. The van der Waals surface area contributed by atoms with E-state index in [9.17, 15) is 9.90 Å². The van der Waals surface area contributed by atoms with E-state index in [2.05, 4.69) is 0 Å². The van der Waals surface area contributed by atoms with E-state index in [1.54, 1.807) is 36.4 Å². The number of Topliss-reactive ketones (excluding diaryl/α,β-unsaturated/α-hetero) is 1. The Morgan fingerprint density at radius 1 is 1.19 bits per heavy atom. The molecule has 2 aromatic carbocycles. The third-order valence-electron chi connectivity index (χ3n) is 3.08. The molecule has 0 radical (unpaired) electrons. The van der Waals surface area contributed by atoms with E-state index in [4.69, 9.17) is 9.47 Å². The third-order valence-corrected chi connectivity index (χ3v) is 3.08. The molecule has 0 atom stereocenters. The molecule has 21 heavy (non-hydrogen) atoms. The van der Waals surface area contributed by atoms with Crippen LogP contribution in [0.4, 0.5) is 0 Å². The summed E-state index contributed by atoms with van der Waals surface area (Å²) < 4.78 is 10.6. The van der Waals surface area contributed by atoms with Crippen molar-refractivity contribution in [1.29, 1.82) is 0 Å². The summed E-state index contributed by atoms with van der Waals surface area (Å²) in [5.41, 5.74) is 1.28. The lowest BCUT2D eigenvalue weighted by Gasteiger charge is -2.04. The molecular formula is C17H16O4. The van der Waals surface area contributed by atoms with Crippen LogP contribution in [0.25, 0.3) is 6.08 Å². The average molecular weight is 284 g/mol. The zero-order valence-corrected chi connectivity index (χ0v) is 10.8. The Morgan fingerprint density at radius 2 is 1.95 bits per heavy atom. The van der Waals surface area contributed by atoms with Crippen molar-refractivity contribution in [2.75, 3.05) is 7.11 Å². The molecule has 1 heterocycles. The van der Waals surface area contributed by atoms with E-state index >= 15 is 0 Å². The Kier molecular flexibility index (Phi) is 3.98. The fourth-order valence-corrected chi connectivity index (χ4v) is 2.07. The van der Waals surface area contributed by atoms with E-state index in [-0.39, 0.29) is 24.7 Å². The van der Waals surface area contributed by atoms with Gasteiger partial charge in [0, 0.05) is 0 Å². The first kappa shape index (κ1) is 14.7. The summed E-state index contributed by atoms with van der Waals surface area (Å²) in [6.07, 6.45) is 1.63. The smallest absolute Gasteiger partial charge is 0.231 e. The second-order valence-electron chi connectivity index (χ2n) is 4.37. The number of para-hydroxylation sites is 1. The van der Waals surface area contributed by atoms with Crippen molar-refractivity contribution < 1.29 is 19.4 Å². The first-order valence-corrected chi connectivity index (χ1v) is 6.09. The maximum Gasteiger partial charge on any atom is 0.231 e. The van der Waals surface area contributed by atoms with Gasteiger partial charge in [-0.25, -0.2) is 0 Å². The molecule has 2 aromatic rings. The van der Waals surface area contributed by atoms with Gasteiger partial charge < -0.3 is 14.6 Å². The summed E-state index contributed by atoms with van der Waals surface area (Å²) in [6, 6.07) is 11.9. The summed E-state index contributed by atoms with van der Waals surface area (Å²) in [5, 5.41) is 9.55. The predicted molar refractivity (Wildman–Crippen MR) is 80.8 cm³/mol. The van der Waals surface area contributed by atoms with Crippen LogP contribution in [-0.4, -0.2) is 18.0 Å². The van der Waals surface area contributed by atoms with Crippen molar-refractivity contribution in [3.05, 3.63) is 59.4 Å². The van der Waals surface area contributed by atoms with Crippen molar-refractivity contribution in [1.82, 2.24) is 0 Å². The number of phenols is 1. The molecular weight excluding hydrogens is 268 g/mol. The predicted octanol–water partition coefficient (Wildman–Crippen LogP) is 3.65. The second-order valence-corrected chi connectivity index (χ2v) is 4.37. The largest absolute Gasteiger partial charge is 0.504 e. The van der Waals surface area contributed by atoms with Gasteiger partial charge in [-0.15, -0.1) is 0 Å². The van der Waals surface area contributed by atoms with E-state index < -0.39 is 0 Å². The highest BCUT2D eigenvalue weighted by molar-refractivity contribution is 6.14. The summed E-state index contributed by atoms with van der Waals surface area (Å²) in [7, 11) is 1.47. The van der Waals surface area contributed by atoms with Crippen molar-refractivity contribution in [2.24, 2.45) is 0 Å². The minimum absolute atomic E-state index is 0. The molecule has 1 aliphatic heterocycles. The number of allylic oxidation sites excluding steroid dienone is 1. The van der Waals surface area contributed by atoms with Gasteiger partial charge in [-0.1, -0.05) is 25.6 Å². The van der Waals surface area contributed by atoms with Gasteiger partial charge in [-0.05, 0) is 35.9 Å². The standard InChI is InChI=1S/C16H12O4.CH4/c1-19-14-8-10(6-7-12(14)17)9-15-16(18)11-4-2-3-5-13(11)20-15;/h2-9,17H,1H3;1H4/b15-9-;. The van der Waals surface area contributed by atoms with Crippen LogP contribution in [0, 0.1) is 0 Å². The van der Waals surface area contributed by atoms with Crippen molar-refractivity contribution in [2.45, 2.75) is 7.43 Å². The molecule has 4 heteroatoms. The number of ether oxygens (including phenoxy) is 2. The molecule has 0 saturated carbocycles. The highest BCUT2D eigenvalue weighted by Crippen LogP contribution is 2.32. The Hall–Kier alpha value is -2.75. The molecule has 0 aliphatic carbocycles. The molecule has 0 spiro atoms. The zero-order chi connectivity index (χ0) is 14.1. The van der Waals surface area contributed by atoms with Gasteiger partial charge in [0.2, 0.25) is 5.78 Å². The highest BCUT2D eigenvalue weighted by Gasteiger charge is 2.26. The third kappa shape index (κ3) is 2.60. The normalized spacial score (nSPS) is 14.3. The van der Waals surface area contributed by atoms with Crippen LogP contribution in [0.5, 0.6) is 17.2 Å². The maximum absolute atomic E-state index is 12.1. The number of carbonyl (C=O) groups excluding carboxylic acids is 1. The maximum atomic E-state index is 12.1. The van der Waals surface area contributed by atoms with Crippen LogP contribution < -0.4 is 9.47 Å². The lowest BCUT2D eigenvalue weighted by Crippen LogP contribution is -1.98. The van der Waals surface area contributed by atoms with Crippen LogP contribution in [0.2, 0.25) is 0 Å². The van der Waals surface area contributed by atoms with Crippen LogP contribution in [0.3, 0.4) is 0 Å². The van der Waals surface area contributed by atoms with Gasteiger partial charge in [0.15, 0.2) is 17.3 Å². The first-order chi connectivity index (χ1) is 9.69. The van der Waals surface area contributed by atoms with Crippen LogP contribution in [0.15, 0.2) is 48.2 Å². The van der Waals surface area contributed by atoms with E-state index in [0.29, 0.717) is 17.1 Å². The highest BCUT2D eigenvalue weighted by atomic mass is 16.5. The molecule has 1 N–H and O–H groups in total. The average Bonchev–Trinajstić information content (AvgIpc) is 2.78. The van der Waals surface area contributed by atoms with Crippen molar-refractivity contribution in [3.8, 4) is 17.2 Å². The van der Waals surface area contributed by atoms with Crippen LogP contribution >= 0.6 is 0 Å². The van der Waals surface area contributed by atoms with Crippen LogP contribution in [0.1, 0.15) is 23.3 Å². The monoisotopic (exact) mass is 284 g/mol. The zero-order valence-electron chi connectivity index (χ0n) is 10.8. The lowest BCUT2D eigenvalue weighted by molar-refractivity contribution is 0.101. The molecule has 0 bridgehead atoms. The Bertz CT molecular complexity index is 716. The minimum Gasteiger partial charge on any atom is -0.504 e. The summed E-state index contributed by atoms with van der Waals surface area (Å²) >= 11 is 0. The second kappa shape index (κ2) is 5.71. The first-order valence-electron chi connectivity index (χ1n) is 6.09. The number of hydrogen-bond acceptors (Lipinski definition) is 4. The molecule has 4 nitrogen and oxygen atoms in total. The van der Waals surface area contributed by atoms with Gasteiger partial charge >= 0.3 is 0 Å². The fourth-order valence-electron chi connectivity index (χ4n) is 2.07. The number of hydrogen-bond donors (Lipinski definition) is 1. The van der Waals surface area contributed by atoms with Crippen molar-refractivity contribution >= 4 is 11.9 Å². The number of aromatic hydroxyl groups is 1. The molecule has 0 aromatic heterocycles. The Balaban J connectivity index is 0.00000161. The quantitative estimate of drug-likeness (QED) is 0.855. The molecule has 1 aliphatic rings. The SMILES string of the molecule is C.COc1cc(/C=C2\Oc3ccccc3C2=O)ccc1O.